The monoisotopic (exact) mass is 553 g/mol. The van der Waals surface area contributed by atoms with Gasteiger partial charge < -0.3 is 14.7 Å². The van der Waals surface area contributed by atoms with Gasteiger partial charge in [0.25, 0.3) is 0 Å². The van der Waals surface area contributed by atoms with Gasteiger partial charge in [0.15, 0.2) is 0 Å². The van der Waals surface area contributed by atoms with Gasteiger partial charge in [0.05, 0.1) is 36.6 Å². The number of hydrogen-bond acceptors (Lipinski definition) is 6. The third kappa shape index (κ3) is 5.94. The van der Waals surface area contributed by atoms with Gasteiger partial charge in [0, 0.05) is 48.5 Å². The van der Waals surface area contributed by atoms with Gasteiger partial charge in [-0.05, 0) is 61.3 Å². The highest BCUT2D eigenvalue weighted by Gasteiger charge is 2.28. The quantitative estimate of drug-likeness (QED) is 0.316. The van der Waals surface area contributed by atoms with Gasteiger partial charge in [0.1, 0.15) is 0 Å². The van der Waals surface area contributed by atoms with Crippen LogP contribution >= 0.6 is 11.6 Å². The van der Waals surface area contributed by atoms with E-state index in [1.165, 1.54) is 7.11 Å². The Morgan fingerprint density at radius 1 is 1.13 bits per heavy atom. The molecular weight excluding hydrogens is 518 g/mol. The molecule has 0 unspecified atom stereocenters. The summed E-state index contributed by atoms with van der Waals surface area (Å²) < 4.78 is 8.45. The Kier molecular flexibility index (Phi) is 9.59. The Balaban J connectivity index is 0.00000172. The summed E-state index contributed by atoms with van der Waals surface area (Å²) >= 11 is 6.22. The number of ether oxygens (including phenoxy) is 1. The molecule has 39 heavy (non-hydrogen) atoms. The molecule has 0 bridgehead atoms. The van der Waals surface area contributed by atoms with E-state index in [-0.39, 0.29) is 24.4 Å². The molecule has 1 N–H and O–H groups in total. The van der Waals surface area contributed by atoms with Crippen molar-refractivity contribution < 1.29 is 14.6 Å². The van der Waals surface area contributed by atoms with Crippen LogP contribution in [0.4, 0.5) is 4.79 Å². The van der Waals surface area contributed by atoms with Crippen LogP contribution in [0.1, 0.15) is 56.8 Å². The van der Waals surface area contributed by atoms with Crippen molar-refractivity contribution in [3.63, 3.8) is 0 Å². The number of likely N-dealkylation sites (tertiary alicyclic amines) is 1. The van der Waals surface area contributed by atoms with E-state index in [0.29, 0.717) is 43.9 Å². The average molecular weight is 554 g/mol. The van der Waals surface area contributed by atoms with E-state index in [9.17, 15) is 14.7 Å². The number of unbranched alkanes of at least 4 members (excludes halogenated alkanes) is 1. The highest BCUT2D eigenvalue weighted by Crippen LogP contribution is 2.28. The normalized spacial score (nSPS) is 13.9. The predicted molar refractivity (Wildman–Crippen MR) is 153 cm³/mol. The zero-order valence-corrected chi connectivity index (χ0v) is 23.5. The van der Waals surface area contributed by atoms with E-state index < -0.39 is 0 Å². The molecule has 1 aromatic carbocycles. The Morgan fingerprint density at radius 2 is 1.90 bits per heavy atom. The van der Waals surface area contributed by atoms with E-state index in [4.69, 9.17) is 21.3 Å². The topological polar surface area (TPSA) is 102 Å². The molecule has 0 radical (unpaired) electrons. The fourth-order valence-corrected chi connectivity index (χ4v) is 5.52. The van der Waals surface area contributed by atoms with Crippen LogP contribution in [0.25, 0.3) is 21.8 Å². The SMILES string of the molecule is CC.COC(=O)N1CCC(n2c(=O)n(Cc3ncc4cc(Cl)ccc4c3CCCCO)c3cnccc32)CC1. The number of methoxy groups -OCH3 is 1. The van der Waals surface area contributed by atoms with Crippen LogP contribution in [0.15, 0.2) is 47.7 Å². The number of aliphatic hydroxyl groups excluding tert-OH is 1. The molecule has 1 aliphatic heterocycles. The molecule has 0 aliphatic carbocycles. The molecule has 10 heteroatoms. The molecule has 208 valence electrons. The third-order valence-electron chi connectivity index (χ3n) is 7.22. The molecule has 1 saturated heterocycles. The van der Waals surface area contributed by atoms with Crippen LogP contribution in [0.3, 0.4) is 0 Å². The number of hydrogen-bond donors (Lipinski definition) is 1. The van der Waals surface area contributed by atoms with Gasteiger partial charge in [-0.15, -0.1) is 0 Å². The molecule has 4 aromatic rings. The van der Waals surface area contributed by atoms with Crippen LogP contribution in [0, 0.1) is 0 Å². The number of nitrogens with zero attached hydrogens (tertiary/aromatic N) is 5. The second-order valence-electron chi connectivity index (χ2n) is 9.39. The summed E-state index contributed by atoms with van der Waals surface area (Å²) in [5, 5.41) is 12.0. The number of carbonyl (C=O) groups is 1. The van der Waals surface area contributed by atoms with E-state index in [1.807, 2.05) is 42.7 Å². The molecule has 0 spiro atoms. The number of amides is 1. The maximum Gasteiger partial charge on any atom is 0.409 e. The molecule has 4 heterocycles. The molecule has 1 amide bonds. The number of aryl methyl sites for hydroxylation is 1. The van der Waals surface area contributed by atoms with Crippen LogP contribution in [0.5, 0.6) is 0 Å². The molecule has 0 saturated carbocycles. The number of imidazole rings is 1. The molecule has 3 aromatic heterocycles. The zero-order valence-electron chi connectivity index (χ0n) is 22.8. The van der Waals surface area contributed by atoms with Gasteiger partial charge in [-0.3, -0.25) is 19.1 Å². The molecule has 5 rings (SSSR count). The second-order valence-corrected chi connectivity index (χ2v) is 9.82. The van der Waals surface area contributed by atoms with Crippen LogP contribution in [0.2, 0.25) is 5.02 Å². The number of benzene rings is 1. The Bertz CT molecular complexity index is 1490. The first-order chi connectivity index (χ1) is 19.0. The van der Waals surface area contributed by atoms with Gasteiger partial charge in [-0.2, -0.15) is 0 Å². The van der Waals surface area contributed by atoms with E-state index in [2.05, 4.69) is 4.98 Å². The van der Waals surface area contributed by atoms with Gasteiger partial charge in [-0.1, -0.05) is 31.5 Å². The zero-order chi connectivity index (χ0) is 27.9. The van der Waals surface area contributed by atoms with Gasteiger partial charge >= 0.3 is 11.8 Å². The summed E-state index contributed by atoms with van der Waals surface area (Å²) in [7, 11) is 1.38. The minimum absolute atomic E-state index is 0.0321. The Morgan fingerprint density at radius 3 is 2.62 bits per heavy atom. The fraction of sp³-hybridized carbons (Fsp3) is 0.448. The van der Waals surface area contributed by atoms with Crippen molar-refractivity contribution in [3.8, 4) is 0 Å². The Hall–Kier alpha value is -3.43. The lowest BCUT2D eigenvalue weighted by atomic mass is 9.99. The number of pyridine rings is 2. The third-order valence-corrected chi connectivity index (χ3v) is 7.45. The number of aliphatic hydroxyl groups is 1. The van der Waals surface area contributed by atoms with E-state index in [1.54, 1.807) is 28.1 Å². The predicted octanol–water partition coefficient (Wildman–Crippen LogP) is 5.19. The van der Waals surface area contributed by atoms with Gasteiger partial charge in [0.2, 0.25) is 0 Å². The van der Waals surface area contributed by atoms with Crippen molar-refractivity contribution in [1.82, 2.24) is 24.0 Å². The van der Waals surface area contributed by atoms with Crippen LogP contribution < -0.4 is 5.69 Å². The smallest absolute Gasteiger partial charge is 0.409 e. The standard InChI is InChI=1S/C27H30ClN5O4.C2H6/c1-37-27(36)31-11-8-20(9-12-31)33-24-7-10-29-16-25(24)32(26(33)35)17-23-22(4-2-3-13-34)21-6-5-19(28)14-18(21)15-30-23;1-2/h5-7,10,14-16,20,34H,2-4,8-9,11-13,17H2,1H3;1-2H3. The number of halogens is 1. The summed E-state index contributed by atoms with van der Waals surface area (Å²) in [6.45, 7) is 5.51. The molecular formula is C29H36ClN5O4. The first-order valence-corrected chi connectivity index (χ1v) is 13.9. The summed E-state index contributed by atoms with van der Waals surface area (Å²) in [6.07, 6.45) is 8.45. The van der Waals surface area contributed by atoms with Crippen molar-refractivity contribution >= 4 is 39.5 Å². The summed E-state index contributed by atoms with van der Waals surface area (Å²) in [5.41, 5.74) is 3.34. The minimum Gasteiger partial charge on any atom is -0.453 e. The van der Waals surface area contributed by atoms with Crippen molar-refractivity contribution in [1.29, 1.82) is 0 Å². The molecule has 9 nitrogen and oxygen atoms in total. The number of carbonyl (C=O) groups excluding carboxylic acids is 1. The van der Waals surface area contributed by atoms with Crippen LogP contribution in [-0.2, 0) is 17.7 Å². The fourth-order valence-electron chi connectivity index (χ4n) is 5.34. The first kappa shape index (κ1) is 28.6. The summed E-state index contributed by atoms with van der Waals surface area (Å²) in [4.78, 5) is 36.5. The average Bonchev–Trinajstić information content (AvgIpc) is 3.25. The van der Waals surface area contributed by atoms with Crippen molar-refractivity contribution in [2.24, 2.45) is 0 Å². The lowest BCUT2D eigenvalue weighted by Gasteiger charge is -2.31. The molecule has 1 aliphatic rings. The maximum absolute atomic E-state index is 13.9. The lowest BCUT2D eigenvalue weighted by molar-refractivity contribution is 0.107. The van der Waals surface area contributed by atoms with Gasteiger partial charge in [-0.25, -0.2) is 9.59 Å². The first-order valence-electron chi connectivity index (χ1n) is 13.6. The number of piperidine rings is 1. The summed E-state index contributed by atoms with van der Waals surface area (Å²) in [6, 6.07) is 7.60. The molecule has 1 fully saturated rings. The Labute approximate surface area is 233 Å². The number of rotatable bonds is 7. The molecule has 0 atom stereocenters. The lowest BCUT2D eigenvalue weighted by Crippen LogP contribution is -2.41. The van der Waals surface area contributed by atoms with E-state index >= 15 is 0 Å². The minimum atomic E-state index is -0.338. The highest BCUT2D eigenvalue weighted by atomic mass is 35.5. The maximum atomic E-state index is 13.9. The van der Waals surface area contributed by atoms with Crippen molar-refractivity contribution in [3.05, 3.63) is 69.6 Å². The van der Waals surface area contributed by atoms with E-state index in [0.717, 1.165) is 45.9 Å². The summed E-state index contributed by atoms with van der Waals surface area (Å²) in [5.74, 6) is 0. The van der Waals surface area contributed by atoms with Crippen molar-refractivity contribution in [2.75, 3.05) is 26.8 Å². The second kappa shape index (κ2) is 13.1. The highest BCUT2D eigenvalue weighted by molar-refractivity contribution is 6.31. The van der Waals surface area contributed by atoms with Crippen molar-refractivity contribution in [2.45, 2.75) is 58.5 Å². The number of aromatic nitrogens is 4. The van der Waals surface area contributed by atoms with Crippen LogP contribution in [-0.4, -0.2) is 62.0 Å². The largest absolute Gasteiger partial charge is 0.453 e. The number of fused-ring (bicyclic) bond motifs is 2.